The van der Waals surface area contributed by atoms with Gasteiger partial charge in [-0.25, -0.2) is 31.5 Å². The number of hydrogen-bond acceptors (Lipinski definition) is 7. The van der Waals surface area contributed by atoms with Gasteiger partial charge in [0.05, 0.1) is 10.3 Å². The van der Waals surface area contributed by atoms with Crippen molar-refractivity contribution in [2.45, 2.75) is 51.2 Å². The highest BCUT2D eigenvalue weighted by molar-refractivity contribution is 7.90. The number of aryl methyl sites for hydroxylation is 1. The van der Waals surface area contributed by atoms with Crippen LogP contribution in [0.2, 0.25) is 0 Å². The molecule has 1 amide bonds. The molecule has 1 fully saturated rings. The van der Waals surface area contributed by atoms with Gasteiger partial charge in [-0.1, -0.05) is 35.9 Å². The number of fused-ring (bicyclic) bond motifs is 1. The number of aromatic nitrogens is 3. The summed E-state index contributed by atoms with van der Waals surface area (Å²) in [4.78, 5) is 25.4. The number of carbonyl (C=O) groups is 1. The van der Waals surface area contributed by atoms with Gasteiger partial charge in [-0.15, -0.1) is 0 Å². The van der Waals surface area contributed by atoms with E-state index in [-0.39, 0.29) is 22.1 Å². The second-order valence-corrected chi connectivity index (χ2v) is 12.8. The van der Waals surface area contributed by atoms with Gasteiger partial charge in [0.1, 0.15) is 23.6 Å². The molecule has 1 unspecified atom stereocenters. The van der Waals surface area contributed by atoms with Crippen LogP contribution in [0.25, 0.3) is 22.2 Å². The molecule has 3 heterocycles. The largest absolute Gasteiger partial charge is 0.444 e. The van der Waals surface area contributed by atoms with Gasteiger partial charge in [-0.3, -0.25) is 0 Å². The van der Waals surface area contributed by atoms with Gasteiger partial charge in [0.25, 0.3) is 10.0 Å². The third-order valence-electron chi connectivity index (χ3n) is 6.83. The quantitative estimate of drug-likeness (QED) is 0.334. The van der Waals surface area contributed by atoms with Crippen LogP contribution in [0.15, 0.2) is 66.0 Å². The number of amides is 1. The Bertz CT molecular complexity index is 1680. The summed E-state index contributed by atoms with van der Waals surface area (Å²) >= 11 is 0. The Morgan fingerprint density at radius 2 is 1.73 bits per heavy atom. The predicted octanol–water partition coefficient (Wildman–Crippen LogP) is 5.23. The van der Waals surface area contributed by atoms with Crippen LogP contribution in [0.4, 0.5) is 15.0 Å². The summed E-state index contributed by atoms with van der Waals surface area (Å²) in [5, 5.41) is 0.418. The lowest BCUT2D eigenvalue weighted by atomic mass is 10.0. The van der Waals surface area contributed by atoms with E-state index in [1.54, 1.807) is 47.4 Å². The Morgan fingerprint density at radius 3 is 2.38 bits per heavy atom. The predicted molar refractivity (Wildman–Crippen MR) is 151 cm³/mol. The van der Waals surface area contributed by atoms with E-state index >= 15 is 4.39 Å². The van der Waals surface area contributed by atoms with E-state index in [1.165, 1.54) is 18.6 Å². The molecule has 0 N–H and O–H groups in total. The summed E-state index contributed by atoms with van der Waals surface area (Å²) in [6, 6.07) is 12.5. The summed E-state index contributed by atoms with van der Waals surface area (Å²) < 4.78 is 49.4. The standard InChI is InChI=1S/C29H32FN5O4S/c1-19-10-12-21(13-11-19)40(37,38)35-17-23(22-8-6-7-9-24(22)30)25-26(31-18-32-27(25)35)33-14-15-34(20(2)16-33)28(36)39-29(3,4)5/h6-13,17-18,20H,14-16H2,1-5H3. The highest BCUT2D eigenvalue weighted by Crippen LogP contribution is 2.38. The van der Waals surface area contributed by atoms with Crippen LogP contribution in [0, 0.1) is 12.7 Å². The average Bonchev–Trinajstić information content (AvgIpc) is 3.29. The van der Waals surface area contributed by atoms with E-state index in [9.17, 15) is 13.2 Å². The first-order valence-corrected chi connectivity index (χ1v) is 14.5. The minimum Gasteiger partial charge on any atom is -0.444 e. The van der Waals surface area contributed by atoms with E-state index in [1.807, 2.05) is 39.5 Å². The molecule has 1 aliphatic heterocycles. The van der Waals surface area contributed by atoms with E-state index < -0.39 is 27.5 Å². The first kappa shape index (κ1) is 27.6. The third kappa shape index (κ3) is 5.13. The fourth-order valence-electron chi connectivity index (χ4n) is 4.89. The molecule has 0 radical (unpaired) electrons. The number of hydrogen-bond donors (Lipinski definition) is 0. The fraction of sp³-hybridized carbons (Fsp3) is 0.345. The summed E-state index contributed by atoms with van der Waals surface area (Å²) in [6.45, 7) is 10.5. The zero-order valence-corrected chi connectivity index (χ0v) is 23.9. The third-order valence-corrected chi connectivity index (χ3v) is 8.49. The first-order chi connectivity index (χ1) is 18.9. The monoisotopic (exact) mass is 565 g/mol. The maximum absolute atomic E-state index is 15.1. The number of ether oxygens (including phenoxy) is 1. The van der Waals surface area contributed by atoms with Gasteiger partial charge in [0.15, 0.2) is 5.65 Å². The molecule has 40 heavy (non-hydrogen) atoms. The van der Waals surface area contributed by atoms with Crippen molar-refractivity contribution in [2.75, 3.05) is 24.5 Å². The molecule has 2 aromatic carbocycles. The van der Waals surface area contributed by atoms with Crippen molar-refractivity contribution in [1.82, 2.24) is 18.8 Å². The molecule has 9 nitrogen and oxygen atoms in total. The zero-order chi connectivity index (χ0) is 28.8. The Hall–Kier alpha value is -3.99. The molecule has 0 bridgehead atoms. The molecule has 1 aliphatic rings. The lowest BCUT2D eigenvalue weighted by molar-refractivity contribution is 0.0158. The Morgan fingerprint density at radius 1 is 1.02 bits per heavy atom. The molecule has 5 rings (SSSR count). The van der Waals surface area contributed by atoms with Crippen molar-refractivity contribution in [2.24, 2.45) is 0 Å². The number of halogens is 1. The Labute approximate surface area is 233 Å². The van der Waals surface area contributed by atoms with Crippen LogP contribution in [0.1, 0.15) is 33.3 Å². The Balaban J connectivity index is 1.63. The van der Waals surface area contributed by atoms with Gasteiger partial charge in [0.2, 0.25) is 0 Å². The van der Waals surface area contributed by atoms with Gasteiger partial charge in [-0.05, 0) is 52.8 Å². The van der Waals surface area contributed by atoms with Crippen molar-refractivity contribution in [3.8, 4) is 11.1 Å². The van der Waals surface area contributed by atoms with E-state index in [0.29, 0.717) is 36.4 Å². The van der Waals surface area contributed by atoms with Gasteiger partial charge < -0.3 is 14.5 Å². The molecule has 0 aliphatic carbocycles. The lowest BCUT2D eigenvalue weighted by Gasteiger charge is -2.40. The molecule has 0 saturated carbocycles. The smallest absolute Gasteiger partial charge is 0.410 e. The second-order valence-electron chi connectivity index (χ2n) is 11.0. The lowest BCUT2D eigenvalue weighted by Crippen LogP contribution is -2.55. The van der Waals surface area contributed by atoms with Crippen LogP contribution < -0.4 is 4.90 Å². The summed E-state index contributed by atoms with van der Waals surface area (Å²) in [7, 11) is -4.06. The highest BCUT2D eigenvalue weighted by Gasteiger charge is 2.33. The van der Waals surface area contributed by atoms with Crippen LogP contribution in [-0.4, -0.2) is 64.6 Å². The second kappa shape index (κ2) is 10.2. The highest BCUT2D eigenvalue weighted by atomic mass is 32.2. The molecular weight excluding hydrogens is 533 g/mol. The van der Waals surface area contributed by atoms with Crippen LogP contribution in [0.5, 0.6) is 0 Å². The van der Waals surface area contributed by atoms with Crippen molar-refractivity contribution in [3.05, 3.63) is 72.4 Å². The number of nitrogens with zero attached hydrogens (tertiary/aromatic N) is 5. The van der Waals surface area contributed by atoms with Crippen LogP contribution in [-0.2, 0) is 14.8 Å². The summed E-state index contributed by atoms with van der Waals surface area (Å²) in [5.41, 5.74) is 1.05. The minimum atomic E-state index is -4.06. The first-order valence-electron chi connectivity index (χ1n) is 13.0. The van der Waals surface area contributed by atoms with Crippen molar-refractivity contribution in [3.63, 3.8) is 0 Å². The van der Waals surface area contributed by atoms with Gasteiger partial charge >= 0.3 is 6.09 Å². The average molecular weight is 566 g/mol. The number of piperazine rings is 1. The van der Waals surface area contributed by atoms with E-state index in [0.717, 1.165) is 9.54 Å². The van der Waals surface area contributed by atoms with Gasteiger partial charge in [0, 0.05) is 43.0 Å². The molecule has 1 saturated heterocycles. The summed E-state index contributed by atoms with van der Waals surface area (Å²) in [6.07, 6.45) is 2.33. The number of rotatable bonds is 4. The zero-order valence-electron chi connectivity index (χ0n) is 23.1. The molecule has 2 aromatic heterocycles. The van der Waals surface area contributed by atoms with E-state index in [2.05, 4.69) is 9.97 Å². The molecule has 210 valence electrons. The fourth-order valence-corrected chi connectivity index (χ4v) is 6.21. The maximum Gasteiger partial charge on any atom is 0.410 e. The molecule has 4 aromatic rings. The molecule has 1 atom stereocenters. The number of benzene rings is 2. The SMILES string of the molecule is Cc1ccc(S(=O)(=O)n2cc(-c3ccccc3F)c3c(N4CCN(C(=O)OC(C)(C)C)C(C)C4)ncnc32)cc1. The topological polar surface area (TPSA) is 97.6 Å². The number of anilines is 1. The number of carbonyl (C=O) groups excluding carboxylic acids is 1. The molecule has 11 heteroatoms. The van der Waals surface area contributed by atoms with Crippen molar-refractivity contribution < 1.29 is 22.3 Å². The van der Waals surface area contributed by atoms with Gasteiger partial charge in [-0.2, -0.15) is 0 Å². The Kier molecular flexibility index (Phi) is 7.03. The van der Waals surface area contributed by atoms with Crippen molar-refractivity contribution in [1.29, 1.82) is 0 Å². The summed E-state index contributed by atoms with van der Waals surface area (Å²) in [5.74, 6) is -0.0241. The van der Waals surface area contributed by atoms with Crippen LogP contribution >= 0.6 is 0 Å². The van der Waals surface area contributed by atoms with Crippen molar-refractivity contribution >= 4 is 33.0 Å². The maximum atomic E-state index is 15.1. The van der Waals surface area contributed by atoms with Crippen LogP contribution in [0.3, 0.4) is 0 Å². The minimum absolute atomic E-state index is 0.0924. The molecule has 0 spiro atoms. The normalized spacial score (nSPS) is 16.4. The van der Waals surface area contributed by atoms with E-state index in [4.69, 9.17) is 4.74 Å². The molecular formula is C29H32FN5O4S.